The molecule has 1 aromatic heterocycles. The Morgan fingerprint density at radius 3 is 2.59 bits per heavy atom. The molecule has 1 amide bonds. The predicted octanol–water partition coefficient (Wildman–Crippen LogP) is 3.01. The van der Waals surface area contributed by atoms with E-state index in [-0.39, 0.29) is 11.7 Å². The maximum atomic E-state index is 12.9. The van der Waals surface area contributed by atoms with Crippen LogP contribution in [0.3, 0.4) is 0 Å². The van der Waals surface area contributed by atoms with E-state index in [0.29, 0.717) is 23.4 Å². The number of nitrogens with zero attached hydrogens (tertiary/aromatic N) is 2. The minimum Gasteiger partial charge on any atom is -0.347 e. The van der Waals surface area contributed by atoms with Gasteiger partial charge in [-0.15, -0.1) is 0 Å². The van der Waals surface area contributed by atoms with Crippen LogP contribution in [0.2, 0.25) is 0 Å². The molecule has 0 fully saturated rings. The number of aryl methyl sites for hydroxylation is 1. The van der Waals surface area contributed by atoms with Gasteiger partial charge in [0, 0.05) is 11.9 Å². The van der Waals surface area contributed by atoms with Crippen LogP contribution >= 0.6 is 0 Å². The van der Waals surface area contributed by atoms with Crippen molar-refractivity contribution in [3.05, 3.63) is 71.4 Å². The predicted molar refractivity (Wildman–Crippen MR) is 81.8 cm³/mol. The van der Waals surface area contributed by atoms with Gasteiger partial charge in [-0.05, 0) is 30.7 Å². The standard InChI is InChI=1S/C17H14FN3O/c1-11-20-15-5-3-2-4-14(15)16(21-11)17(22)19-10-12-6-8-13(18)9-7-12/h2-9H,10H2,1H3,(H,19,22). The third-order valence-electron chi connectivity index (χ3n) is 3.30. The number of fused-ring (bicyclic) bond motifs is 1. The highest BCUT2D eigenvalue weighted by Crippen LogP contribution is 2.15. The van der Waals surface area contributed by atoms with Gasteiger partial charge >= 0.3 is 0 Å². The quantitative estimate of drug-likeness (QED) is 0.808. The van der Waals surface area contributed by atoms with Gasteiger partial charge in [-0.1, -0.05) is 30.3 Å². The zero-order valence-corrected chi connectivity index (χ0v) is 12.0. The van der Waals surface area contributed by atoms with Crippen LogP contribution in [0.5, 0.6) is 0 Å². The Balaban J connectivity index is 1.84. The van der Waals surface area contributed by atoms with E-state index < -0.39 is 0 Å². The molecule has 110 valence electrons. The van der Waals surface area contributed by atoms with Crippen LogP contribution in [-0.4, -0.2) is 15.9 Å². The number of para-hydroxylation sites is 1. The van der Waals surface area contributed by atoms with Crippen LogP contribution in [0.1, 0.15) is 21.9 Å². The monoisotopic (exact) mass is 295 g/mol. The van der Waals surface area contributed by atoms with Gasteiger partial charge in [0.15, 0.2) is 0 Å². The number of hydrogen-bond donors (Lipinski definition) is 1. The van der Waals surface area contributed by atoms with Gasteiger partial charge in [0.25, 0.3) is 5.91 Å². The van der Waals surface area contributed by atoms with E-state index in [2.05, 4.69) is 15.3 Å². The maximum Gasteiger partial charge on any atom is 0.270 e. The molecule has 2 aromatic carbocycles. The number of carbonyl (C=O) groups is 1. The van der Waals surface area contributed by atoms with Crippen LogP contribution in [0, 0.1) is 12.7 Å². The fraction of sp³-hybridized carbons (Fsp3) is 0.118. The van der Waals surface area contributed by atoms with Crippen molar-refractivity contribution in [2.45, 2.75) is 13.5 Å². The lowest BCUT2D eigenvalue weighted by molar-refractivity contribution is 0.0947. The summed E-state index contributed by atoms with van der Waals surface area (Å²) >= 11 is 0. The molecule has 1 heterocycles. The van der Waals surface area contributed by atoms with Crippen molar-refractivity contribution in [1.82, 2.24) is 15.3 Å². The first-order chi connectivity index (χ1) is 10.6. The van der Waals surface area contributed by atoms with Crippen molar-refractivity contribution < 1.29 is 9.18 Å². The molecule has 0 aliphatic heterocycles. The largest absolute Gasteiger partial charge is 0.347 e. The van der Waals surface area contributed by atoms with E-state index in [4.69, 9.17) is 0 Å². The molecule has 22 heavy (non-hydrogen) atoms. The second kappa shape index (κ2) is 5.89. The molecular formula is C17H14FN3O. The molecule has 0 saturated heterocycles. The molecule has 0 saturated carbocycles. The molecule has 1 N–H and O–H groups in total. The number of halogens is 1. The normalized spacial score (nSPS) is 10.6. The molecule has 0 atom stereocenters. The van der Waals surface area contributed by atoms with Gasteiger partial charge in [0.1, 0.15) is 17.3 Å². The summed E-state index contributed by atoms with van der Waals surface area (Å²) in [5.74, 6) is -0.0239. The molecular weight excluding hydrogens is 281 g/mol. The number of amides is 1. The molecule has 4 nitrogen and oxygen atoms in total. The Bertz CT molecular complexity index is 831. The van der Waals surface area contributed by atoms with Crippen molar-refractivity contribution in [3.8, 4) is 0 Å². The molecule has 3 rings (SSSR count). The van der Waals surface area contributed by atoms with E-state index in [1.807, 2.05) is 24.3 Å². The summed E-state index contributed by atoms with van der Waals surface area (Å²) in [6.07, 6.45) is 0. The minimum absolute atomic E-state index is 0.272. The number of aromatic nitrogens is 2. The lowest BCUT2D eigenvalue weighted by atomic mass is 10.1. The topological polar surface area (TPSA) is 54.9 Å². The van der Waals surface area contributed by atoms with Gasteiger partial charge in [-0.3, -0.25) is 4.79 Å². The number of carbonyl (C=O) groups excluding carboxylic acids is 1. The average molecular weight is 295 g/mol. The van der Waals surface area contributed by atoms with E-state index in [1.54, 1.807) is 19.1 Å². The molecule has 0 spiro atoms. The molecule has 5 heteroatoms. The second-order valence-corrected chi connectivity index (χ2v) is 4.95. The van der Waals surface area contributed by atoms with Crippen molar-refractivity contribution in [2.75, 3.05) is 0 Å². The van der Waals surface area contributed by atoms with Gasteiger partial charge in [-0.2, -0.15) is 0 Å². The third-order valence-corrected chi connectivity index (χ3v) is 3.30. The van der Waals surface area contributed by atoms with Gasteiger partial charge in [0.2, 0.25) is 0 Å². The first-order valence-electron chi connectivity index (χ1n) is 6.89. The molecule has 3 aromatic rings. The Morgan fingerprint density at radius 2 is 1.82 bits per heavy atom. The van der Waals surface area contributed by atoms with Crippen LogP contribution in [-0.2, 0) is 6.54 Å². The van der Waals surface area contributed by atoms with E-state index >= 15 is 0 Å². The van der Waals surface area contributed by atoms with Crippen molar-refractivity contribution in [2.24, 2.45) is 0 Å². The van der Waals surface area contributed by atoms with Crippen LogP contribution < -0.4 is 5.32 Å². The molecule has 0 radical (unpaired) electrons. The first-order valence-corrected chi connectivity index (χ1v) is 6.89. The average Bonchev–Trinajstić information content (AvgIpc) is 2.53. The van der Waals surface area contributed by atoms with Crippen molar-refractivity contribution in [3.63, 3.8) is 0 Å². The Labute approximate surface area is 127 Å². The summed E-state index contributed by atoms with van der Waals surface area (Å²) in [7, 11) is 0. The van der Waals surface area contributed by atoms with Crippen molar-refractivity contribution >= 4 is 16.8 Å². The number of rotatable bonds is 3. The minimum atomic E-state index is -0.299. The first kappa shape index (κ1) is 14.1. The van der Waals surface area contributed by atoms with Gasteiger partial charge in [-0.25, -0.2) is 14.4 Å². The lowest BCUT2D eigenvalue weighted by Crippen LogP contribution is -2.24. The summed E-state index contributed by atoms with van der Waals surface area (Å²) in [6, 6.07) is 13.4. The second-order valence-electron chi connectivity index (χ2n) is 4.95. The Kier molecular flexibility index (Phi) is 3.78. The SMILES string of the molecule is Cc1nc(C(=O)NCc2ccc(F)cc2)c2ccccc2n1. The summed E-state index contributed by atoms with van der Waals surface area (Å²) in [4.78, 5) is 20.9. The Morgan fingerprint density at radius 1 is 1.09 bits per heavy atom. The third kappa shape index (κ3) is 2.93. The van der Waals surface area contributed by atoms with Crippen LogP contribution in [0.25, 0.3) is 10.9 Å². The number of nitrogens with one attached hydrogen (secondary N) is 1. The maximum absolute atomic E-state index is 12.9. The van der Waals surface area contributed by atoms with Crippen LogP contribution in [0.15, 0.2) is 48.5 Å². The number of hydrogen-bond acceptors (Lipinski definition) is 3. The highest BCUT2D eigenvalue weighted by atomic mass is 19.1. The zero-order chi connectivity index (χ0) is 15.5. The molecule has 0 unspecified atom stereocenters. The number of benzene rings is 2. The summed E-state index contributed by atoms with van der Waals surface area (Å²) in [6.45, 7) is 2.07. The highest BCUT2D eigenvalue weighted by Gasteiger charge is 2.13. The lowest BCUT2D eigenvalue weighted by Gasteiger charge is -2.08. The molecule has 0 aliphatic carbocycles. The van der Waals surface area contributed by atoms with Gasteiger partial charge < -0.3 is 5.32 Å². The molecule has 0 aliphatic rings. The Hall–Kier alpha value is -2.82. The van der Waals surface area contributed by atoms with Crippen LogP contribution in [0.4, 0.5) is 4.39 Å². The fourth-order valence-corrected chi connectivity index (χ4v) is 2.23. The zero-order valence-electron chi connectivity index (χ0n) is 12.0. The summed E-state index contributed by atoms with van der Waals surface area (Å²) < 4.78 is 12.9. The van der Waals surface area contributed by atoms with E-state index in [0.717, 1.165) is 11.1 Å². The van der Waals surface area contributed by atoms with E-state index in [1.165, 1.54) is 12.1 Å². The van der Waals surface area contributed by atoms with Gasteiger partial charge in [0.05, 0.1) is 5.52 Å². The highest BCUT2D eigenvalue weighted by molar-refractivity contribution is 6.04. The smallest absolute Gasteiger partial charge is 0.270 e. The summed E-state index contributed by atoms with van der Waals surface area (Å²) in [5.41, 5.74) is 1.91. The van der Waals surface area contributed by atoms with Crippen molar-refractivity contribution in [1.29, 1.82) is 0 Å². The molecule has 0 bridgehead atoms. The fourth-order valence-electron chi connectivity index (χ4n) is 2.23. The van der Waals surface area contributed by atoms with E-state index in [9.17, 15) is 9.18 Å². The summed E-state index contributed by atoms with van der Waals surface area (Å²) in [5, 5.41) is 3.52.